The van der Waals surface area contributed by atoms with Crippen molar-refractivity contribution in [2.24, 2.45) is 0 Å². The molecule has 1 amide bonds. The van der Waals surface area contributed by atoms with E-state index in [1.807, 2.05) is 37.3 Å². The second-order valence-electron chi connectivity index (χ2n) is 6.14. The summed E-state index contributed by atoms with van der Waals surface area (Å²) in [6.45, 7) is 2.16. The van der Waals surface area contributed by atoms with Crippen LogP contribution in [0, 0.1) is 5.82 Å². The molecule has 0 N–H and O–H groups in total. The quantitative estimate of drug-likeness (QED) is 0.616. The van der Waals surface area contributed by atoms with Gasteiger partial charge in [0, 0.05) is 13.1 Å². The van der Waals surface area contributed by atoms with E-state index in [1.165, 1.54) is 17.0 Å². The van der Waals surface area contributed by atoms with Gasteiger partial charge in [-0.05, 0) is 41.5 Å². The Labute approximate surface area is 157 Å². The van der Waals surface area contributed by atoms with E-state index < -0.39 is 5.97 Å². The highest BCUT2D eigenvalue weighted by molar-refractivity contribution is 6.04. The molecule has 0 bridgehead atoms. The van der Waals surface area contributed by atoms with Crippen LogP contribution in [-0.2, 0) is 16.1 Å². The summed E-state index contributed by atoms with van der Waals surface area (Å²) < 4.78 is 18.6. The Hall–Kier alpha value is -3.21. The van der Waals surface area contributed by atoms with Gasteiger partial charge in [-0.1, -0.05) is 48.5 Å². The SMILES string of the molecule is CCN(Cc1cccc(F)c1)C(=O)COC(=O)c1cccc2ccccc12. The second-order valence-corrected chi connectivity index (χ2v) is 6.14. The van der Waals surface area contributed by atoms with Gasteiger partial charge in [-0.3, -0.25) is 4.79 Å². The third-order valence-corrected chi connectivity index (χ3v) is 4.33. The summed E-state index contributed by atoms with van der Waals surface area (Å²) in [6.07, 6.45) is 0. The topological polar surface area (TPSA) is 46.6 Å². The van der Waals surface area contributed by atoms with Crippen LogP contribution in [0.5, 0.6) is 0 Å². The number of fused-ring (bicyclic) bond motifs is 1. The van der Waals surface area contributed by atoms with Gasteiger partial charge in [0.15, 0.2) is 6.61 Å². The van der Waals surface area contributed by atoms with Crippen LogP contribution in [0.25, 0.3) is 10.8 Å². The van der Waals surface area contributed by atoms with Crippen LogP contribution in [0.2, 0.25) is 0 Å². The third kappa shape index (κ3) is 4.50. The van der Waals surface area contributed by atoms with E-state index in [2.05, 4.69) is 0 Å². The molecule has 0 heterocycles. The van der Waals surface area contributed by atoms with Crippen LogP contribution in [-0.4, -0.2) is 29.9 Å². The normalized spacial score (nSPS) is 10.6. The second kappa shape index (κ2) is 8.45. The molecule has 0 atom stereocenters. The smallest absolute Gasteiger partial charge is 0.339 e. The van der Waals surface area contributed by atoms with Gasteiger partial charge in [0.25, 0.3) is 5.91 Å². The number of hydrogen-bond donors (Lipinski definition) is 0. The fourth-order valence-electron chi connectivity index (χ4n) is 2.93. The first kappa shape index (κ1) is 18.6. The number of halogens is 1. The van der Waals surface area contributed by atoms with Crippen molar-refractivity contribution < 1.29 is 18.7 Å². The molecule has 0 aliphatic rings. The molecule has 5 heteroatoms. The van der Waals surface area contributed by atoms with E-state index in [4.69, 9.17) is 4.74 Å². The number of esters is 1. The molecule has 138 valence electrons. The zero-order chi connectivity index (χ0) is 19.2. The van der Waals surface area contributed by atoms with E-state index in [-0.39, 0.29) is 24.9 Å². The number of ether oxygens (including phenoxy) is 1. The molecule has 0 fully saturated rings. The molecule has 0 spiro atoms. The zero-order valence-electron chi connectivity index (χ0n) is 15.0. The number of nitrogens with zero attached hydrogens (tertiary/aromatic N) is 1. The maximum atomic E-state index is 13.3. The Morgan fingerprint density at radius 2 is 1.74 bits per heavy atom. The number of benzene rings is 3. The first-order valence-corrected chi connectivity index (χ1v) is 8.75. The van der Waals surface area contributed by atoms with Gasteiger partial charge in [0.1, 0.15) is 5.82 Å². The van der Waals surface area contributed by atoms with Crippen molar-refractivity contribution in [2.75, 3.05) is 13.2 Å². The minimum Gasteiger partial charge on any atom is -0.452 e. The Bertz CT molecular complexity index is 965. The van der Waals surface area contributed by atoms with Crippen LogP contribution >= 0.6 is 0 Å². The molecule has 3 aromatic rings. The molecule has 0 saturated carbocycles. The minimum atomic E-state index is -0.540. The fraction of sp³-hybridized carbons (Fsp3) is 0.182. The molecule has 0 aliphatic heterocycles. The van der Waals surface area contributed by atoms with Crippen LogP contribution < -0.4 is 0 Å². The van der Waals surface area contributed by atoms with Crippen molar-refractivity contribution >= 4 is 22.6 Å². The molecule has 0 radical (unpaired) electrons. The summed E-state index contributed by atoms with van der Waals surface area (Å²) in [5.41, 5.74) is 1.11. The molecule has 3 aromatic carbocycles. The Morgan fingerprint density at radius 3 is 2.52 bits per heavy atom. The summed E-state index contributed by atoms with van der Waals surface area (Å²) in [5, 5.41) is 1.71. The summed E-state index contributed by atoms with van der Waals surface area (Å²) in [4.78, 5) is 26.4. The predicted octanol–water partition coefficient (Wildman–Crippen LogP) is 4.18. The lowest BCUT2D eigenvalue weighted by molar-refractivity contribution is -0.134. The maximum Gasteiger partial charge on any atom is 0.339 e. The molecule has 0 aliphatic carbocycles. The number of likely N-dealkylation sites (N-methyl/N-ethyl adjacent to an activating group) is 1. The highest BCUT2D eigenvalue weighted by atomic mass is 19.1. The summed E-state index contributed by atoms with van der Waals surface area (Å²) >= 11 is 0. The zero-order valence-corrected chi connectivity index (χ0v) is 15.0. The monoisotopic (exact) mass is 365 g/mol. The highest BCUT2D eigenvalue weighted by Crippen LogP contribution is 2.19. The van der Waals surface area contributed by atoms with Crippen LogP contribution in [0.3, 0.4) is 0 Å². The van der Waals surface area contributed by atoms with Crippen molar-refractivity contribution in [1.29, 1.82) is 0 Å². The van der Waals surface area contributed by atoms with E-state index >= 15 is 0 Å². The number of hydrogen-bond acceptors (Lipinski definition) is 3. The number of carbonyl (C=O) groups excluding carboxylic acids is 2. The molecule has 0 saturated heterocycles. The molecular weight excluding hydrogens is 345 g/mol. The third-order valence-electron chi connectivity index (χ3n) is 4.33. The largest absolute Gasteiger partial charge is 0.452 e. The first-order valence-electron chi connectivity index (χ1n) is 8.75. The van der Waals surface area contributed by atoms with Crippen LogP contribution in [0.15, 0.2) is 66.7 Å². The van der Waals surface area contributed by atoms with Gasteiger partial charge in [-0.25, -0.2) is 9.18 Å². The lowest BCUT2D eigenvalue weighted by atomic mass is 10.1. The van der Waals surface area contributed by atoms with Gasteiger partial charge in [-0.2, -0.15) is 0 Å². The molecule has 0 aromatic heterocycles. The van der Waals surface area contributed by atoms with E-state index in [0.717, 1.165) is 10.8 Å². The van der Waals surface area contributed by atoms with Crippen molar-refractivity contribution in [2.45, 2.75) is 13.5 Å². The van der Waals surface area contributed by atoms with E-state index in [0.29, 0.717) is 17.7 Å². The Morgan fingerprint density at radius 1 is 1.00 bits per heavy atom. The van der Waals surface area contributed by atoms with Crippen LogP contribution in [0.4, 0.5) is 4.39 Å². The maximum absolute atomic E-state index is 13.3. The van der Waals surface area contributed by atoms with E-state index in [9.17, 15) is 14.0 Å². The van der Waals surface area contributed by atoms with Crippen molar-refractivity contribution in [3.8, 4) is 0 Å². The van der Waals surface area contributed by atoms with Crippen LogP contribution in [0.1, 0.15) is 22.8 Å². The van der Waals surface area contributed by atoms with Gasteiger partial charge < -0.3 is 9.64 Å². The van der Waals surface area contributed by atoms with Gasteiger partial charge in [-0.15, -0.1) is 0 Å². The molecule has 4 nitrogen and oxygen atoms in total. The summed E-state index contributed by atoms with van der Waals surface area (Å²) in [5.74, 6) is -1.21. The number of amides is 1. The number of rotatable bonds is 6. The Kier molecular flexibility index (Phi) is 5.81. The lowest BCUT2D eigenvalue weighted by Crippen LogP contribution is -2.34. The molecule has 3 rings (SSSR count). The predicted molar refractivity (Wildman–Crippen MR) is 102 cm³/mol. The van der Waals surface area contributed by atoms with Gasteiger partial charge in [0.2, 0.25) is 0 Å². The number of carbonyl (C=O) groups is 2. The average Bonchev–Trinajstić information content (AvgIpc) is 2.69. The van der Waals surface area contributed by atoms with Crippen molar-refractivity contribution in [3.63, 3.8) is 0 Å². The lowest BCUT2D eigenvalue weighted by Gasteiger charge is -2.21. The molecule has 0 unspecified atom stereocenters. The molecule has 27 heavy (non-hydrogen) atoms. The molecular formula is C22H20FNO3. The highest BCUT2D eigenvalue weighted by Gasteiger charge is 2.17. The van der Waals surface area contributed by atoms with Gasteiger partial charge in [0.05, 0.1) is 5.56 Å². The standard InChI is InChI=1S/C22H20FNO3/c1-2-24(14-16-7-5-10-18(23)13-16)21(25)15-27-22(26)20-12-6-9-17-8-3-4-11-19(17)20/h3-13H,2,14-15H2,1H3. The van der Waals surface area contributed by atoms with Crippen molar-refractivity contribution in [1.82, 2.24) is 4.90 Å². The summed E-state index contributed by atoms with van der Waals surface area (Å²) in [6, 6.07) is 19.0. The minimum absolute atomic E-state index is 0.263. The Balaban J connectivity index is 1.65. The van der Waals surface area contributed by atoms with E-state index in [1.54, 1.807) is 24.3 Å². The van der Waals surface area contributed by atoms with Crippen molar-refractivity contribution in [3.05, 3.63) is 83.7 Å². The first-order chi connectivity index (χ1) is 13.1. The summed E-state index contributed by atoms with van der Waals surface area (Å²) in [7, 11) is 0. The average molecular weight is 365 g/mol. The fourth-order valence-corrected chi connectivity index (χ4v) is 2.93. The van der Waals surface area contributed by atoms with Gasteiger partial charge >= 0.3 is 5.97 Å².